The molecule has 2 aliphatic rings. The minimum atomic E-state index is -0.461. The van der Waals surface area contributed by atoms with Crippen LogP contribution in [0.1, 0.15) is 30.4 Å². The Morgan fingerprint density at radius 3 is 2.57 bits per heavy atom. The molecule has 0 aliphatic carbocycles. The molecule has 2 aromatic rings. The molecule has 9 nitrogen and oxygen atoms in total. The van der Waals surface area contributed by atoms with E-state index in [2.05, 4.69) is 15.4 Å². The summed E-state index contributed by atoms with van der Waals surface area (Å²) < 4.78 is 3.39. The van der Waals surface area contributed by atoms with Gasteiger partial charge in [0.2, 0.25) is 11.8 Å². The summed E-state index contributed by atoms with van der Waals surface area (Å²) in [4.78, 5) is 28.8. The second-order valence-electron chi connectivity index (χ2n) is 9.81. The van der Waals surface area contributed by atoms with Gasteiger partial charge in [0, 0.05) is 42.3 Å². The van der Waals surface area contributed by atoms with Gasteiger partial charge in [0.1, 0.15) is 11.9 Å². The maximum Gasteiger partial charge on any atom is 0.240 e. The van der Waals surface area contributed by atoms with E-state index in [1.54, 1.807) is 6.07 Å². The number of rotatable bonds is 11. The number of amides is 2. The maximum atomic E-state index is 13.6. The van der Waals surface area contributed by atoms with Crippen molar-refractivity contribution in [2.75, 3.05) is 38.0 Å². The highest BCUT2D eigenvalue weighted by Gasteiger charge is 2.29. The smallest absolute Gasteiger partial charge is 0.240 e. The highest BCUT2D eigenvalue weighted by Crippen LogP contribution is 2.24. The van der Waals surface area contributed by atoms with Crippen molar-refractivity contribution in [3.63, 3.8) is 0 Å². The number of carbonyl (C=O) groups is 2. The predicted octanol–water partition coefficient (Wildman–Crippen LogP) is 1.92. The molecule has 0 spiro atoms. The lowest BCUT2D eigenvalue weighted by molar-refractivity contribution is -0.134. The molecule has 2 fully saturated rings. The van der Waals surface area contributed by atoms with Gasteiger partial charge in [-0.05, 0) is 79.9 Å². The molecule has 2 saturated heterocycles. The van der Waals surface area contributed by atoms with Crippen LogP contribution in [-0.4, -0.2) is 61.3 Å². The highest BCUT2D eigenvalue weighted by molar-refractivity contribution is 7.97. The molecule has 8 N–H and O–H groups in total. The Labute approximate surface area is 222 Å². The summed E-state index contributed by atoms with van der Waals surface area (Å²) in [5.41, 5.74) is 13.7. The van der Waals surface area contributed by atoms with E-state index in [9.17, 15) is 9.59 Å². The highest BCUT2D eigenvalue weighted by atomic mass is 32.2. The van der Waals surface area contributed by atoms with Gasteiger partial charge in [0.25, 0.3) is 0 Å². The summed E-state index contributed by atoms with van der Waals surface area (Å²) in [5, 5.41) is 13.9. The Morgan fingerprint density at radius 2 is 1.89 bits per heavy atom. The lowest BCUT2D eigenvalue weighted by atomic mass is 9.93. The molecule has 10 heteroatoms. The molecule has 1 atom stereocenters. The molecule has 2 aliphatic heterocycles. The van der Waals surface area contributed by atoms with Gasteiger partial charge < -0.3 is 27.0 Å². The fourth-order valence-electron chi connectivity index (χ4n) is 4.67. The van der Waals surface area contributed by atoms with Crippen molar-refractivity contribution in [3.8, 4) is 0 Å². The molecule has 0 bridgehead atoms. The molecule has 2 heterocycles. The summed E-state index contributed by atoms with van der Waals surface area (Å²) in [6.07, 6.45) is 3.42. The van der Waals surface area contributed by atoms with E-state index in [4.69, 9.17) is 16.9 Å². The van der Waals surface area contributed by atoms with Crippen molar-refractivity contribution >= 4 is 35.3 Å². The number of nitrogens with two attached hydrogens (primary N) is 2. The van der Waals surface area contributed by atoms with Crippen LogP contribution in [0, 0.1) is 17.2 Å². The second kappa shape index (κ2) is 13.0. The third kappa shape index (κ3) is 7.54. The number of likely N-dealkylation sites (tertiary alicyclic amines) is 1. The van der Waals surface area contributed by atoms with Crippen molar-refractivity contribution in [1.29, 1.82) is 5.41 Å². The van der Waals surface area contributed by atoms with Crippen molar-refractivity contribution in [3.05, 3.63) is 59.7 Å². The molecule has 0 saturated carbocycles. The number of hydrogen-bond donors (Lipinski definition) is 6. The van der Waals surface area contributed by atoms with Crippen LogP contribution in [0.25, 0.3) is 0 Å². The third-order valence-electron chi connectivity index (χ3n) is 7.05. The topological polar surface area (TPSA) is 149 Å². The Morgan fingerprint density at radius 1 is 1.14 bits per heavy atom. The number of hydrogen-bond acceptors (Lipinski definition) is 7. The van der Waals surface area contributed by atoms with Gasteiger partial charge in [-0.15, -0.1) is 0 Å². The Kier molecular flexibility index (Phi) is 9.56. The van der Waals surface area contributed by atoms with Gasteiger partial charge in [0.05, 0.1) is 5.92 Å². The number of carbonyl (C=O) groups excluding carboxylic acids is 2. The number of anilines is 1. The van der Waals surface area contributed by atoms with E-state index >= 15 is 0 Å². The zero-order chi connectivity index (χ0) is 26.2. The molecule has 198 valence electrons. The van der Waals surface area contributed by atoms with E-state index in [0.717, 1.165) is 48.5 Å². The molecule has 0 aromatic heterocycles. The van der Waals surface area contributed by atoms with E-state index in [1.807, 2.05) is 47.4 Å². The summed E-state index contributed by atoms with van der Waals surface area (Å²) in [6.45, 7) is 3.57. The lowest BCUT2D eigenvalue weighted by Crippen LogP contribution is -2.48. The number of nitrogen functional groups attached to an aromatic ring is 1. The monoisotopic (exact) mass is 523 g/mol. The standard InChI is InChI=1S/C27H37N7O2S/c28-10-7-18-8-11-34(12-9-18)27(36)24(14-19-3-1-4-20(13-19)25(29)30)33-37-23-6-2-5-22(15-23)32-26(35)21-16-31-17-21/h1-6,13,15,18,21,24,31,33H,7-12,14,16-17,28H2,(H3,29,30)(H,32,35)/t24-/m0/s1. The average Bonchev–Trinajstić information content (AvgIpc) is 2.86. The summed E-state index contributed by atoms with van der Waals surface area (Å²) in [7, 11) is 0. The van der Waals surface area contributed by atoms with E-state index in [0.29, 0.717) is 37.5 Å². The second-order valence-corrected chi connectivity index (χ2v) is 10.7. The van der Waals surface area contributed by atoms with Crippen LogP contribution < -0.4 is 26.8 Å². The lowest BCUT2D eigenvalue weighted by Gasteiger charge is -2.34. The van der Waals surface area contributed by atoms with Gasteiger partial charge >= 0.3 is 0 Å². The van der Waals surface area contributed by atoms with Gasteiger partial charge in [-0.25, -0.2) is 4.72 Å². The van der Waals surface area contributed by atoms with Crippen LogP contribution >= 0.6 is 11.9 Å². The number of amidine groups is 1. The first-order valence-electron chi connectivity index (χ1n) is 12.9. The number of benzene rings is 2. The predicted molar refractivity (Wildman–Crippen MR) is 148 cm³/mol. The van der Waals surface area contributed by atoms with Crippen LogP contribution in [0.3, 0.4) is 0 Å². The van der Waals surface area contributed by atoms with Crippen molar-refractivity contribution in [2.24, 2.45) is 23.3 Å². The van der Waals surface area contributed by atoms with Crippen LogP contribution in [-0.2, 0) is 16.0 Å². The van der Waals surface area contributed by atoms with Crippen LogP contribution in [0.5, 0.6) is 0 Å². The van der Waals surface area contributed by atoms with Gasteiger partial charge in [0.15, 0.2) is 0 Å². The minimum Gasteiger partial charge on any atom is -0.384 e. The fraction of sp³-hybridized carbons (Fsp3) is 0.444. The molecule has 37 heavy (non-hydrogen) atoms. The SMILES string of the molecule is N=C(N)c1cccc(C[C@H](NSc2cccc(NC(=O)C3CNC3)c2)C(=O)N2CCC(CCN)CC2)c1. The van der Waals surface area contributed by atoms with E-state index in [-0.39, 0.29) is 23.6 Å². The largest absolute Gasteiger partial charge is 0.384 e. The molecule has 0 unspecified atom stereocenters. The number of nitrogens with zero attached hydrogens (tertiary/aromatic N) is 1. The molecular weight excluding hydrogens is 486 g/mol. The molecule has 2 aromatic carbocycles. The van der Waals surface area contributed by atoms with E-state index < -0.39 is 6.04 Å². The Bertz CT molecular complexity index is 1100. The first-order valence-corrected chi connectivity index (χ1v) is 13.7. The zero-order valence-corrected chi connectivity index (χ0v) is 21.9. The molecule has 0 radical (unpaired) electrons. The quantitative estimate of drug-likeness (QED) is 0.150. The fourth-order valence-corrected chi connectivity index (χ4v) is 5.47. The first kappa shape index (κ1) is 27.1. The summed E-state index contributed by atoms with van der Waals surface area (Å²) in [6, 6.07) is 14.7. The van der Waals surface area contributed by atoms with Crippen molar-refractivity contribution in [1.82, 2.24) is 14.9 Å². The summed E-state index contributed by atoms with van der Waals surface area (Å²) >= 11 is 1.38. The van der Waals surface area contributed by atoms with Gasteiger partial charge in [-0.1, -0.05) is 24.3 Å². The minimum absolute atomic E-state index is 0.00517. The Hall–Kier alpha value is -2.92. The van der Waals surface area contributed by atoms with Crippen molar-refractivity contribution in [2.45, 2.75) is 36.6 Å². The first-order chi connectivity index (χ1) is 17.9. The third-order valence-corrected chi connectivity index (χ3v) is 7.94. The molecule has 2 amide bonds. The zero-order valence-electron chi connectivity index (χ0n) is 21.0. The normalized spacial score (nSPS) is 17.2. The number of nitrogens with one attached hydrogen (secondary N) is 4. The molecular formula is C27H37N7O2S. The van der Waals surface area contributed by atoms with Crippen LogP contribution in [0.15, 0.2) is 53.4 Å². The summed E-state index contributed by atoms with van der Waals surface area (Å²) in [5.74, 6) is 0.677. The van der Waals surface area contributed by atoms with Gasteiger partial charge in [-0.2, -0.15) is 0 Å². The van der Waals surface area contributed by atoms with E-state index in [1.165, 1.54) is 11.9 Å². The van der Waals surface area contributed by atoms with Crippen LogP contribution in [0.4, 0.5) is 5.69 Å². The molecule has 4 rings (SSSR count). The van der Waals surface area contributed by atoms with Crippen LogP contribution in [0.2, 0.25) is 0 Å². The number of piperidine rings is 1. The van der Waals surface area contributed by atoms with Crippen molar-refractivity contribution < 1.29 is 9.59 Å². The van der Waals surface area contributed by atoms with Gasteiger partial charge in [-0.3, -0.25) is 15.0 Å². The Balaban J connectivity index is 1.44. The average molecular weight is 524 g/mol. The maximum absolute atomic E-state index is 13.6.